The van der Waals surface area contributed by atoms with Crippen molar-refractivity contribution in [3.63, 3.8) is 0 Å². The highest BCUT2D eigenvalue weighted by Crippen LogP contribution is 2.25. The Hall–Kier alpha value is -1.44. The zero-order chi connectivity index (χ0) is 19.3. The zero-order valence-electron chi connectivity index (χ0n) is 16.1. The van der Waals surface area contributed by atoms with Crippen molar-refractivity contribution >= 4 is 15.9 Å². The molecule has 0 aromatic heterocycles. The van der Waals surface area contributed by atoms with E-state index in [-0.39, 0.29) is 5.91 Å². The average molecular weight is 394 g/mol. The molecule has 6 nitrogen and oxygen atoms in total. The second-order valence-corrected chi connectivity index (χ2v) is 9.66. The van der Waals surface area contributed by atoms with Gasteiger partial charge in [-0.25, -0.2) is 8.42 Å². The molecule has 3 rings (SSSR count). The summed E-state index contributed by atoms with van der Waals surface area (Å²) >= 11 is 0. The predicted molar refractivity (Wildman–Crippen MR) is 106 cm³/mol. The maximum atomic E-state index is 12.8. The molecule has 2 aliphatic heterocycles. The zero-order valence-corrected chi connectivity index (χ0v) is 17.0. The molecule has 0 saturated carbocycles. The van der Waals surface area contributed by atoms with Crippen LogP contribution in [0.5, 0.6) is 0 Å². The highest BCUT2D eigenvalue weighted by molar-refractivity contribution is 7.89. The molecule has 0 radical (unpaired) electrons. The second-order valence-electron chi connectivity index (χ2n) is 7.72. The molecule has 1 N–H and O–H groups in total. The third kappa shape index (κ3) is 5.09. The van der Waals surface area contributed by atoms with Crippen LogP contribution in [0.4, 0.5) is 0 Å². The lowest BCUT2D eigenvalue weighted by atomic mass is 9.84. The van der Waals surface area contributed by atoms with Gasteiger partial charge in [0, 0.05) is 32.6 Å². The van der Waals surface area contributed by atoms with Crippen molar-refractivity contribution in [1.29, 1.82) is 0 Å². The molecule has 2 fully saturated rings. The molecule has 1 aromatic carbocycles. The molecule has 0 spiro atoms. The smallest absolute Gasteiger partial charge is 0.243 e. The van der Waals surface area contributed by atoms with Crippen molar-refractivity contribution in [2.75, 3.05) is 39.3 Å². The lowest BCUT2D eigenvalue weighted by Gasteiger charge is -2.30. The minimum Gasteiger partial charge on any atom is -0.341 e. The standard InChI is InChI=1S/C20H31N3O3S/c1-17(18-8-10-21-11-9-18)16-20(24)22-12-5-13-23(15-14-22)27(25,26)19-6-3-2-4-7-19/h2-4,6-7,17-18,21H,5,8-16H2,1H3. The van der Waals surface area contributed by atoms with Gasteiger partial charge in [-0.2, -0.15) is 4.31 Å². The molecule has 0 aliphatic carbocycles. The van der Waals surface area contributed by atoms with Crippen LogP contribution in [0.3, 0.4) is 0 Å². The fourth-order valence-corrected chi connectivity index (χ4v) is 5.60. The summed E-state index contributed by atoms with van der Waals surface area (Å²) in [5, 5.41) is 3.37. The van der Waals surface area contributed by atoms with Gasteiger partial charge in [-0.3, -0.25) is 4.79 Å². The van der Waals surface area contributed by atoms with Crippen LogP contribution in [0.1, 0.15) is 32.6 Å². The molecular formula is C20H31N3O3S. The summed E-state index contributed by atoms with van der Waals surface area (Å²) < 4.78 is 27.2. The van der Waals surface area contributed by atoms with E-state index in [4.69, 9.17) is 0 Å². The molecule has 1 amide bonds. The number of carbonyl (C=O) groups excluding carboxylic acids is 1. The first kappa shape index (κ1) is 20.3. The summed E-state index contributed by atoms with van der Waals surface area (Å²) in [5.41, 5.74) is 0. The Morgan fingerprint density at radius 1 is 1.11 bits per heavy atom. The Labute approximate surface area is 163 Å². The topological polar surface area (TPSA) is 69.7 Å². The van der Waals surface area contributed by atoms with Gasteiger partial charge in [-0.1, -0.05) is 25.1 Å². The van der Waals surface area contributed by atoms with Crippen LogP contribution in [-0.4, -0.2) is 62.8 Å². The monoisotopic (exact) mass is 393 g/mol. The first-order chi connectivity index (χ1) is 13.0. The van der Waals surface area contributed by atoms with Crippen LogP contribution in [0.25, 0.3) is 0 Å². The van der Waals surface area contributed by atoms with Crippen molar-refractivity contribution in [2.45, 2.75) is 37.5 Å². The molecule has 1 aromatic rings. The number of hydrogen-bond acceptors (Lipinski definition) is 4. The third-order valence-electron chi connectivity index (χ3n) is 5.87. The largest absolute Gasteiger partial charge is 0.341 e. The van der Waals surface area contributed by atoms with E-state index in [0.29, 0.717) is 55.8 Å². The molecule has 2 saturated heterocycles. The van der Waals surface area contributed by atoms with E-state index in [9.17, 15) is 13.2 Å². The van der Waals surface area contributed by atoms with Crippen molar-refractivity contribution in [3.8, 4) is 0 Å². The summed E-state index contributed by atoms with van der Waals surface area (Å²) in [6.45, 7) is 6.20. The summed E-state index contributed by atoms with van der Waals surface area (Å²) in [4.78, 5) is 15.0. The minimum absolute atomic E-state index is 0.167. The predicted octanol–water partition coefficient (Wildman–Crippen LogP) is 1.94. The molecule has 1 unspecified atom stereocenters. The van der Waals surface area contributed by atoms with Gasteiger partial charge in [0.1, 0.15) is 0 Å². The van der Waals surface area contributed by atoms with Crippen molar-refractivity contribution in [1.82, 2.24) is 14.5 Å². The SMILES string of the molecule is CC(CC(=O)N1CCCN(S(=O)(=O)c2ccccc2)CC1)C1CCNCC1. The number of hydrogen-bond donors (Lipinski definition) is 1. The fourth-order valence-electron chi connectivity index (χ4n) is 4.11. The minimum atomic E-state index is -3.49. The van der Waals surface area contributed by atoms with Gasteiger partial charge < -0.3 is 10.2 Å². The lowest BCUT2D eigenvalue weighted by Crippen LogP contribution is -2.39. The Bertz CT molecular complexity index is 717. The molecule has 1 atom stereocenters. The number of nitrogens with zero attached hydrogens (tertiary/aromatic N) is 2. The highest BCUT2D eigenvalue weighted by atomic mass is 32.2. The second kappa shape index (κ2) is 9.17. The fraction of sp³-hybridized carbons (Fsp3) is 0.650. The number of carbonyl (C=O) groups is 1. The number of nitrogens with one attached hydrogen (secondary N) is 1. The molecule has 27 heavy (non-hydrogen) atoms. The molecule has 2 heterocycles. The van der Waals surface area contributed by atoms with Gasteiger partial charge in [0.2, 0.25) is 15.9 Å². The summed E-state index contributed by atoms with van der Waals surface area (Å²) in [6.07, 6.45) is 3.52. The molecule has 150 valence electrons. The average Bonchev–Trinajstić information content (AvgIpc) is 2.96. The number of sulfonamides is 1. The number of benzene rings is 1. The van der Waals surface area contributed by atoms with E-state index in [1.807, 2.05) is 11.0 Å². The molecule has 7 heteroatoms. The van der Waals surface area contributed by atoms with Crippen LogP contribution < -0.4 is 5.32 Å². The normalized spacial score (nSPS) is 21.6. The maximum Gasteiger partial charge on any atom is 0.243 e. The first-order valence-corrected chi connectivity index (χ1v) is 11.5. The van der Waals surface area contributed by atoms with Gasteiger partial charge in [-0.15, -0.1) is 0 Å². The quantitative estimate of drug-likeness (QED) is 0.830. The van der Waals surface area contributed by atoms with Gasteiger partial charge in [0.05, 0.1) is 4.90 Å². The molecular weight excluding hydrogens is 362 g/mol. The summed E-state index contributed by atoms with van der Waals surface area (Å²) in [6, 6.07) is 8.55. The van der Waals surface area contributed by atoms with E-state index in [1.165, 1.54) is 4.31 Å². The maximum absolute atomic E-state index is 12.8. The van der Waals surface area contributed by atoms with Crippen LogP contribution in [0.15, 0.2) is 35.2 Å². The third-order valence-corrected chi connectivity index (χ3v) is 7.79. The Kier molecular flexibility index (Phi) is 6.89. The van der Waals surface area contributed by atoms with Gasteiger partial charge in [0.25, 0.3) is 0 Å². The van der Waals surface area contributed by atoms with Gasteiger partial charge >= 0.3 is 0 Å². The van der Waals surface area contributed by atoms with E-state index in [0.717, 1.165) is 25.9 Å². The summed E-state index contributed by atoms with van der Waals surface area (Å²) in [5.74, 6) is 1.16. The van der Waals surface area contributed by atoms with E-state index in [2.05, 4.69) is 12.2 Å². The Morgan fingerprint density at radius 2 is 1.81 bits per heavy atom. The summed E-state index contributed by atoms with van der Waals surface area (Å²) in [7, 11) is -3.49. The van der Waals surface area contributed by atoms with Crippen LogP contribution in [-0.2, 0) is 14.8 Å². The van der Waals surface area contributed by atoms with Crippen molar-refractivity contribution < 1.29 is 13.2 Å². The Balaban J connectivity index is 1.57. The Morgan fingerprint density at radius 3 is 2.52 bits per heavy atom. The number of rotatable bonds is 5. The van der Waals surface area contributed by atoms with E-state index >= 15 is 0 Å². The van der Waals surface area contributed by atoms with Crippen LogP contribution >= 0.6 is 0 Å². The molecule has 0 bridgehead atoms. The number of amides is 1. The van der Waals surface area contributed by atoms with E-state index in [1.54, 1.807) is 24.3 Å². The van der Waals surface area contributed by atoms with E-state index < -0.39 is 10.0 Å². The van der Waals surface area contributed by atoms with Gasteiger partial charge in [-0.05, 0) is 56.3 Å². The van der Waals surface area contributed by atoms with Crippen LogP contribution in [0.2, 0.25) is 0 Å². The lowest BCUT2D eigenvalue weighted by molar-refractivity contribution is -0.132. The van der Waals surface area contributed by atoms with Crippen LogP contribution in [0, 0.1) is 11.8 Å². The van der Waals surface area contributed by atoms with Crippen molar-refractivity contribution in [3.05, 3.63) is 30.3 Å². The van der Waals surface area contributed by atoms with Crippen molar-refractivity contribution in [2.24, 2.45) is 11.8 Å². The number of piperidine rings is 1. The molecule has 2 aliphatic rings. The van der Waals surface area contributed by atoms with Gasteiger partial charge in [0.15, 0.2) is 0 Å². The highest BCUT2D eigenvalue weighted by Gasteiger charge is 2.29. The first-order valence-electron chi connectivity index (χ1n) is 10.0.